The molecule has 0 radical (unpaired) electrons. The highest BCUT2D eigenvalue weighted by molar-refractivity contribution is 7.25. The number of benzene rings is 8. The van der Waals surface area contributed by atoms with Crippen LogP contribution in [0.15, 0.2) is 180 Å². The van der Waals surface area contributed by atoms with Gasteiger partial charge in [0.25, 0.3) is 0 Å². The first-order chi connectivity index (χ1) is 24.3. The van der Waals surface area contributed by atoms with Gasteiger partial charge in [0.2, 0.25) is 0 Å². The summed E-state index contributed by atoms with van der Waals surface area (Å²) in [5, 5.41) is 7.36. The molecule has 10 rings (SSSR count). The van der Waals surface area contributed by atoms with Crippen LogP contribution in [0.25, 0.3) is 75.1 Å². The number of rotatable bonds is 5. The maximum Gasteiger partial charge on any atom is 0.136 e. The molecule has 3 heteroatoms. The monoisotopic (exact) mass is 643 g/mol. The number of nitrogens with zero attached hydrogens (tertiary/aromatic N) is 1. The maximum atomic E-state index is 6.16. The minimum atomic E-state index is 0.926. The summed E-state index contributed by atoms with van der Waals surface area (Å²) in [5.41, 5.74) is 9.99. The fraction of sp³-hybridized carbons (Fsp3) is 0. The molecule has 0 saturated heterocycles. The van der Waals surface area contributed by atoms with Gasteiger partial charge in [0.15, 0.2) is 0 Å². The molecule has 0 bridgehead atoms. The lowest BCUT2D eigenvalue weighted by Gasteiger charge is -2.28. The molecule has 2 aromatic heterocycles. The first-order valence-electron chi connectivity index (χ1n) is 16.6. The average Bonchev–Trinajstić information content (AvgIpc) is 3.74. The van der Waals surface area contributed by atoms with Gasteiger partial charge in [0, 0.05) is 47.9 Å². The maximum absolute atomic E-state index is 6.16. The Kier molecular flexibility index (Phi) is 6.39. The molecule has 2 heterocycles. The summed E-state index contributed by atoms with van der Waals surface area (Å²) >= 11 is 1.85. The first kappa shape index (κ1) is 27.9. The normalized spacial score (nSPS) is 11.7. The van der Waals surface area contributed by atoms with Crippen molar-refractivity contribution in [3.63, 3.8) is 0 Å². The molecule has 0 unspecified atom stereocenters. The zero-order valence-corrected chi connectivity index (χ0v) is 27.3. The standard InChI is InChI=1S/C46H29NOS/c1-2-10-31(11-3-1)36-12-4-7-15-41(36)47(35-24-26-39-38-13-6-9-17-44(38)49-45(39)29-35)34-22-18-30(19-23-34)32-20-25-37-33(28-32)21-27-43-46(37)40-14-5-8-16-42(40)48-43/h1-29H. The largest absolute Gasteiger partial charge is 0.456 e. The molecule has 230 valence electrons. The minimum Gasteiger partial charge on any atom is -0.456 e. The summed E-state index contributed by atoms with van der Waals surface area (Å²) in [6.45, 7) is 0. The van der Waals surface area contributed by atoms with Gasteiger partial charge in [-0.05, 0) is 82.1 Å². The zero-order chi connectivity index (χ0) is 32.3. The molecular weight excluding hydrogens is 615 g/mol. The lowest BCUT2D eigenvalue weighted by atomic mass is 9.98. The summed E-state index contributed by atoms with van der Waals surface area (Å²) < 4.78 is 8.75. The third-order valence-corrected chi connectivity index (χ3v) is 10.8. The van der Waals surface area contributed by atoms with E-state index < -0.39 is 0 Å². The van der Waals surface area contributed by atoms with Crippen molar-refractivity contribution in [3.8, 4) is 22.3 Å². The molecule has 0 fully saturated rings. The quantitative estimate of drug-likeness (QED) is 0.186. The van der Waals surface area contributed by atoms with Crippen molar-refractivity contribution >= 4 is 81.3 Å². The molecule has 0 spiro atoms. The Bertz CT molecular complexity index is 2830. The van der Waals surface area contributed by atoms with Crippen LogP contribution < -0.4 is 4.90 Å². The molecule has 8 aromatic carbocycles. The Hall–Kier alpha value is -6.16. The van der Waals surface area contributed by atoms with Gasteiger partial charge in [0.1, 0.15) is 11.2 Å². The summed E-state index contributed by atoms with van der Waals surface area (Å²) in [7, 11) is 0. The molecule has 0 saturated carbocycles. The van der Waals surface area contributed by atoms with Crippen molar-refractivity contribution in [2.75, 3.05) is 4.90 Å². The summed E-state index contributed by atoms with van der Waals surface area (Å²) in [6.07, 6.45) is 0. The van der Waals surface area contributed by atoms with Gasteiger partial charge < -0.3 is 9.32 Å². The Labute approximate surface area is 287 Å². The number of hydrogen-bond donors (Lipinski definition) is 0. The lowest BCUT2D eigenvalue weighted by molar-refractivity contribution is 0.669. The van der Waals surface area contributed by atoms with Gasteiger partial charge >= 0.3 is 0 Å². The van der Waals surface area contributed by atoms with E-state index in [2.05, 4.69) is 169 Å². The Morgan fingerprint density at radius 1 is 0.408 bits per heavy atom. The second kappa shape index (κ2) is 11.2. The Morgan fingerprint density at radius 2 is 1.10 bits per heavy atom. The van der Waals surface area contributed by atoms with Crippen molar-refractivity contribution in [1.29, 1.82) is 0 Å². The number of anilines is 3. The molecule has 0 aliphatic rings. The first-order valence-corrected chi connectivity index (χ1v) is 17.4. The highest BCUT2D eigenvalue weighted by Crippen LogP contribution is 2.44. The van der Waals surface area contributed by atoms with Crippen molar-refractivity contribution in [2.45, 2.75) is 0 Å². The molecule has 10 aromatic rings. The molecule has 0 aliphatic heterocycles. The van der Waals surface area contributed by atoms with Gasteiger partial charge in [-0.25, -0.2) is 0 Å². The van der Waals surface area contributed by atoms with E-state index >= 15 is 0 Å². The van der Waals surface area contributed by atoms with Gasteiger partial charge in [-0.15, -0.1) is 11.3 Å². The molecule has 0 amide bonds. The van der Waals surface area contributed by atoms with Gasteiger partial charge in [-0.1, -0.05) is 121 Å². The second-order valence-electron chi connectivity index (χ2n) is 12.5. The van der Waals surface area contributed by atoms with Crippen molar-refractivity contribution in [2.24, 2.45) is 0 Å². The highest BCUT2D eigenvalue weighted by atomic mass is 32.1. The van der Waals surface area contributed by atoms with Crippen LogP contribution in [-0.4, -0.2) is 0 Å². The number of furan rings is 1. The summed E-state index contributed by atoms with van der Waals surface area (Å²) in [6, 6.07) is 63.3. The van der Waals surface area contributed by atoms with Crippen LogP contribution in [0, 0.1) is 0 Å². The van der Waals surface area contributed by atoms with Crippen LogP contribution in [0.5, 0.6) is 0 Å². The fourth-order valence-corrected chi connectivity index (χ4v) is 8.49. The second-order valence-corrected chi connectivity index (χ2v) is 13.6. The highest BCUT2D eigenvalue weighted by Gasteiger charge is 2.19. The third kappa shape index (κ3) is 4.62. The molecule has 2 nitrogen and oxygen atoms in total. The Balaban J connectivity index is 1.10. The van der Waals surface area contributed by atoms with Crippen LogP contribution in [0.4, 0.5) is 17.1 Å². The Morgan fingerprint density at radius 3 is 2.00 bits per heavy atom. The van der Waals surface area contributed by atoms with E-state index in [9.17, 15) is 0 Å². The van der Waals surface area contributed by atoms with Crippen LogP contribution in [0.1, 0.15) is 0 Å². The number of para-hydroxylation sites is 2. The van der Waals surface area contributed by atoms with E-state index in [4.69, 9.17) is 4.42 Å². The van der Waals surface area contributed by atoms with Gasteiger partial charge in [0.05, 0.1) is 5.69 Å². The van der Waals surface area contributed by atoms with E-state index in [1.807, 2.05) is 23.5 Å². The molecular formula is C46H29NOS. The van der Waals surface area contributed by atoms with Crippen LogP contribution in [0.3, 0.4) is 0 Å². The molecule has 0 N–H and O–H groups in total. The SMILES string of the molecule is c1ccc(-c2ccccc2N(c2ccc(-c3ccc4c(ccc5oc6ccccc6c54)c3)cc2)c2ccc3c(c2)sc2ccccc23)cc1. The number of thiophene rings is 1. The minimum absolute atomic E-state index is 0.926. The molecule has 0 atom stereocenters. The number of hydrogen-bond acceptors (Lipinski definition) is 3. The van der Waals surface area contributed by atoms with Crippen molar-refractivity contribution in [1.82, 2.24) is 0 Å². The van der Waals surface area contributed by atoms with Crippen molar-refractivity contribution < 1.29 is 4.42 Å². The van der Waals surface area contributed by atoms with Crippen molar-refractivity contribution in [3.05, 3.63) is 176 Å². The van der Waals surface area contributed by atoms with E-state index in [-0.39, 0.29) is 0 Å². The van der Waals surface area contributed by atoms with E-state index in [0.717, 1.165) is 33.6 Å². The number of fused-ring (bicyclic) bond motifs is 8. The van der Waals surface area contributed by atoms with Crippen LogP contribution in [-0.2, 0) is 0 Å². The van der Waals surface area contributed by atoms with Gasteiger partial charge in [-0.3, -0.25) is 0 Å². The fourth-order valence-electron chi connectivity index (χ4n) is 7.35. The smallest absolute Gasteiger partial charge is 0.136 e. The van der Waals surface area contributed by atoms with E-state index in [0.29, 0.717) is 0 Å². The lowest BCUT2D eigenvalue weighted by Crippen LogP contribution is -2.11. The van der Waals surface area contributed by atoms with Gasteiger partial charge in [-0.2, -0.15) is 0 Å². The molecule has 49 heavy (non-hydrogen) atoms. The predicted octanol–water partition coefficient (Wildman–Crippen LogP) is 13.9. The van der Waals surface area contributed by atoms with Crippen LogP contribution in [0.2, 0.25) is 0 Å². The third-order valence-electron chi connectivity index (χ3n) is 9.67. The topological polar surface area (TPSA) is 16.4 Å². The van der Waals surface area contributed by atoms with E-state index in [1.54, 1.807) is 0 Å². The zero-order valence-electron chi connectivity index (χ0n) is 26.5. The van der Waals surface area contributed by atoms with E-state index in [1.165, 1.54) is 58.6 Å². The van der Waals surface area contributed by atoms with Crippen LogP contribution >= 0.6 is 11.3 Å². The summed E-state index contributed by atoms with van der Waals surface area (Å²) in [4.78, 5) is 2.40. The average molecular weight is 644 g/mol. The summed E-state index contributed by atoms with van der Waals surface area (Å²) in [5.74, 6) is 0. The predicted molar refractivity (Wildman–Crippen MR) is 210 cm³/mol. The molecule has 0 aliphatic carbocycles.